The summed E-state index contributed by atoms with van der Waals surface area (Å²) in [5, 5.41) is 11.2. The fourth-order valence-electron chi connectivity index (χ4n) is 2.28. The fourth-order valence-corrected chi connectivity index (χ4v) is 2.68. The largest absolute Gasteiger partial charge is 0.488 e. The normalized spacial score (nSPS) is 10.6. The van der Waals surface area contributed by atoms with Crippen LogP contribution in [-0.2, 0) is 6.61 Å². The molecule has 0 aliphatic heterocycles. The Morgan fingerprint density at radius 1 is 1.00 bits per heavy atom. The van der Waals surface area contributed by atoms with Crippen molar-refractivity contribution in [3.05, 3.63) is 76.3 Å². The van der Waals surface area contributed by atoms with E-state index in [1.165, 1.54) is 0 Å². The van der Waals surface area contributed by atoms with Crippen molar-refractivity contribution in [2.24, 2.45) is 0 Å². The Bertz CT molecular complexity index is 843. The van der Waals surface area contributed by atoms with Crippen molar-refractivity contribution in [3.8, 4) is 5.75 Å². The zero-order valence-corrected chi connectivity index (χ0v) is 13.2. The van der Waals surface area contributed by atoms with Gasteiger partial charge in [0.05, 0.1) is 0 Å². The maximum atomic E-state index is 11.5. The number of fused-ring (bicyclic) bond motifs is 1. The monoisotopic (exact) mass is 356 g/mol. The van der Waals surface area contributed by atoms with Gasteiger partial charge in [0.25, 0.3) is 0 Å². The molecule has 3 rings (SSSR count). The minimum atomic E-state index is -0.993. The highest BCUT2D eigenvalue weighted by molar-refractivity contribution is 9.10. The van der Waals surface area contributed by atoms with Gasteiger partial charge in [0, 0.05) is 10.0 Å². The van der Waals surface area contributed by atoms with Gasteiger partial charge in [0.2, 0.25) is 0 Å². The van der Waals surface area contributed by atoms with Crippen LogP contribution in [0.5, 0.6) is 5.75 Å². The molecular formula is C18H13BrO3. The van der Waals surface area contributed by atoms with E-state index < -0.39 is 5.97 Å². The Morgan fingerprint density at radius 2 is 1.64 bits per heavy atom. The molecule has 0 atom stereocenters. The average Bonchev–Trinajstić information content (AvgIpc) is 2.53. The lowest BCUT2D eigenvalue weighted by molar-refractivity contribution is 0.0692. The fraction of sp³-hybridized carbons (Fsp3) is 0.0556. The zero-order valence-electron chi connectivity index (χ0n) is 11.6. The highest BCUT2D eigenvalue weighted by Gasteiger charge is 2.13. The number of benzene rings is 3. The topological polar surface area (TPSA) is 46.5 Å². The summed E-state index contributed by atoms with van der Waals surface area (Å²) in [6.45, 7) is 0.306. The smallest absolute Gasteiger partial charge is 0.339 e. The quantitative estimate of drug-likeness (QED) is 0.724. The number of hydrogen-bond acceptors (Lipinski definition) is 2. The SMILES string of the molecule is O=C(O)c1cc2ccccc2cc1OCc1ccccc1Br. The summed E-state index contributed by atoms with van der Waals surface area (Å²) in [5.41, 5.74) is 1.14. The van der Waals surface area contributed by atoms with Crippen LogP contribution in [0.25, 0.3) is 10.8 Å². The van der Waals surface area contributed by atoms with Gasteiger partial charge in [0.15, 0.2) is 0 Å². The predicted octanol–water partition coefficient (Wildman–Crippen LogP) is 4.88. The van der Waals surface area contributed by atoms with Crippen LogP contribution in [0, 0.1) is 0 Å². The second kappa shape index (κ2) is 6.20. The first-order chi connectivity index (χ1) is 10.6. The van der Waals surface area contributed by atoms with Gasteiger partial charge in [-0.1, -0.05) is 58.4 Å². The van der Waals surface area contributed by atoms with Crippen LogP contribution in [0.2, 0.25) is 0 Å². The summed E-state index contributed by atoms with van der Waals surface area (Å²) in [4.78, 5) is 11.5. The van der Waals surface area contributed by atoms with Crippen molar-refractivity contribution in [3.63, 3.8) is 0 Å². The van der Waals surface area contributed by atoms with Gasteiger partial charge in [0.1, 0.15) is 17.9 Å². The van der Waals surface area contributed by atoms with Crippen molar-refractivity contribution >= 4 is 32.7 Å². The van der Waals surface area contributed by atoms with E-state index in [1.807, 2.05) is 48.5 Å². The summed E-state index contributed by atoms with van der Waals surface area (Å²) in [6.07, 6.45) is 0. The summed E-state index contributed by atoms with van der Waals surface area (Å²) in [7, 11) is 0. The number of carboxylic acids is 1. The van der Waals surface area contributed by atoms with E-state index in [0.29, 0.717) is 12.4 Å². The Labute approximate surface area is 136 Å². The van der Waals surface area contributed by atoms with Crippen LogP contribution in [0.3, 0.4) is 0 Å². The van der Waals surface area contributed by atoms with Crippen molar-refractivity contribution in [2.75, 3.05) is 0 Å². The lowest BCUT2D eigenvalue weighted by Crippen LogP contribution is -2.04. The molecule has 0 bridgehead atoms. The maximum Gasteiger partial charge on any atom is 0.339 e. The third kappa shape index (κ3) is 2.97. The van der Waals surface area contributed by atoms with Crippen LogP contribution in [0.4, 0.5) is 0 Å². The van der Waals surface area contributed by atoms with E-state index in [0.717, 1.165) is 20.8 Å². The van der Waals surface area contributed by atoms with Gasteiger partial charge in [-0.05, 0) is 29.0 Å². The minimum absolute atomic E-state index is 0.172. The molecular weight excluding hydrogens is 344 g/mol. The highest BCUT2D eigenvalue weighted by Crippen LogP contribution is 2.27. The van der Waals surface area contributed by atoms with E-state index in [2.05, 4.69) is 15.9 Å². The number of ether oxygens (including phenoxy) is 1. The average molecular weight is 357 g/mol. The lowest BCUT2D eigenvalue weighted by Gasteiger charge is -2.11. The number of rotatable bonds is 4. The first-order valence-electron chi connectivity index (χ1n) is 6.77. The van der Waals surface area contributed by atoms with E-state index in [-0.39, 0.29) is 5.56 Å². The highest BCUT2D eigenvalue weighted by atomic mass is 79.9. The number of carboxylic acid groups (broad SMARTS) is 1. The van der Waals surface area contributed by atoms with Gasteiger partial charge >= 0.3 is 5.97 Å². The molecule has 4 heteroatoms. The molecule has 0 aliphatic carbocycles. The third-order valence-corrected chi connectivity index (χ3v) is 4.19. The van der Waals surface area contributed by atoms with Crippen LogP contribution in [-0.4, -0.2) is 11.1 Å². The molecule has 3 aromatic rings. The molecule has 0 heterocycles. The molecule has 1 N–H and O–H groups in total. The van der Waals surface area contributed by atoms with Crippen molar-refractivity contribution < 1.29 is 14.6 Å². The maximum absolute atomic E-state index is 11.5. The Hall–Kier alpha value is -2.33. The zero-order chi connectivity index (χ0) is 15.5. The first kappa shape index (κ1) is 14.6. The summed E-state index contributed by atoms with van der Waals surface area (Å²) >= 11 is 3.46. The molecule has 0 fully saturated rings. The molecule has 3 aromatic carbocycles. The first-order valence-corrected chi connectivity index (χ1v) is 7.57. The standard InChI is InChI=1S/C18H13BrO3/c19-16-8-4-3-7-14(16)11-22-17-10-13-6-2-1-5-12(13)9-15(17)18(20)21/h1-10H,11H2,(H,20,21). The molecule has 0 radical (unpaired) electrons. The second-order valence-corrected chi connectivity index (χ2v) is 5.74. The molecule has 0 aromatic heterocycles. The molecule has 0 unspecified atom stereocenters. The summed E-state index contributed by atoms with van der Waals surface area (Å²) in [5.74, 6) is -0.616. The van der Waals surface area contributed by atoms with Crippen LogP contribution in [0.15, 0.2) is 65.1 Å². The van der Waals surface area contributed by atoms with Gasteiger partial charge < -0.3 is 9.84 Å². The van der Waals surface area contributed by atoms with Crippen molar-refractivity contribution in [1.82, 2.24) is 0 Å². The van der Waals surface area contributed by atoms with E-state index in [4.69, 9.17) is 4.74 Å². The van der Waals surface area contributed by atoms with E-state index in [1.54, 1.807) is 12.1 Å². The summed E-state index contributed by atoms with van der Waals surface area (Å²) in [6, 6.07) is 18.8. The molecule has 0 saturated carbocycles. The summed E-state index contributed by atoms with van der Waals surface area (Å²) < 4.78 is 6.70. The minimum Gasteiger partial charge on any atom is -0.488 e. The second-order valence-electron chi connectivity index (χ2n) is 4.88. The molecule has 22 heavy (non-hydrogen) atoms. The van der Waals surface area contributed by atoms with Crippen molar-refractivity contribution in [2.45, 2.75) is 6.61 Å². The van der Waals surface area contributed by atoms with Gasteiger partial charge in [-0.15, -0.1) is 0 Å². The molecule has 0 aliphatic rings. The number of hydrogen-bond donors (Lipinski definition) is 1. The predicted molar refractivity (Wildman–Crippen MR) is 89.4 cm³/mol. The van der Waals surface area contributed by atoms with Crippen molar-refractivity contribution in [1.29, 1.82) is 0 Å². The van der Waals surface area contributed by atoms with E-state index >= 15 is 0 Å². The number of carbonyl (C=O) groups is 1. The van der Waals surface area contributed by atoms with Gasteiger partial charge in [-0.25, -0.2) is 4.79 Å². The molecule has 0 amide bonds. The molecule has 0 saturated heterocycles. The molecule has 3 nitrogen and oxygen atoms in total. The number of halogens is 1. The van der Waals surface area contributed by atoms with Gasteiger partial charge in [-0.2, -0.15) is 0 Å². The van der Waals surface area contributed by atoms with Crippen LogP contribution >= 0.6 is 15.9 Å². The Morgan fingerprint density at radius 3 is 2.32 bits per heavy atom. The Kier molecular flexibility index (Phi) is 4.11. The molecule has 0 spiro atoms. The van der Waals surface area contributed by atoms with E-state index in [9.17, 15) is 9.90 Å². The lowest BCUT2D eigenvalue weighted by atomic mass is 10.1. The van der Waals surface area contributed by atoms with Crippen LogP contribution in [0.1, 0.15) is 15.9 Å². The Balaban J connectivity index is 1.96. The van der Waals surface area contributed by atoms with Gasteiger partial charge in [-0.3, -0.25) is 0 Å². The van der Waals surface area contributed by atoms with Crippen LogP contribution < -0.4 is 4.74 Å². The third-order valence-electron chi connectivity index (χ3n) is 3.42. The molecule has 110 valence electrons. The number of aromatic carboxylic acids is 1.